The van der Waals surface area contributed by atoms with Crippen LogP contribution in [0.3, 0.4) is 0 Å². The lowest BCUT2D eigenvalue weighted by atomic mass is 10.3. The summed E-state index contributed by atoms with van der Waals surface area (Å²) in [6.07, 6.45) is 2.42. The van der Waals surface area contributed by atoms with E-state index in [1.54, 1.807) is 17.9 Å². The Morgan fingerprint density at radius 1 is 1.26 bits per heavy atom. The van der Waals surface area contributed by atoms with Crippen LogP contribution in [0.4, 0.5) is 26.1 Å². The van der Waals surface area contributed by atoms with E-state index in [0.717, 1.165) is 11.8 Å². The van der Waals surface area contributed by atoms with Gasteiger partial charge in [0.05, 0.1) is 11.4 Å². The van der Waals surface area contributed by atoms with Crippen LogP contribution in [0.2, 0.25) is 0 Å². The summed E-state index contributed by atoms with van der Waals surface area (Å²) >= 11 is 0. The van der Waals surface area contributed by atoms with Gasteiger partial charge in [0.2, 0.25) is 0 Å². The fourth-order valence-corrected chi connectivity index (χ4v) is 1.76. The fraction of sp³-hybridized carbons (Fsp3) is 0.333. The normalized spacial score (nSPS) is 10.6. The third kappa shape index (κ3) is 2.64. The molecule has 2 heterocycles. The molecule has 2 rings (SSSR count). The summed E-state index contributed by atoms with van der Waals surface area (Å²) in [6.45, 7) is 1.95. The molecule has 0 amide bonds. The first-order valence-corrected chi connectivity index (χ1v) is 5.88. The van der Waals surface area contributed by atoms with E-state index in [0.29, 0.717) is 12.1 Å². The number of aromatic nitrogens is 3. The third-order valence-electron chi connectivity index (χ3n) is 2.66. The molecule has 0 aliphatic rings. The number of aryl methyl sites for hydroxylation is 2. The van der Waals surface area contributed by atoms with Crippen molar-refractivity contribution >= 4 is 17.3 Å². The minimum Gasteiger partial charge on any atom is -0.371 e. The number of hydrogen-bond acceptors (Lipinski definition) is 4. The van der Waals surface area contributed by atoms with Gasteiger partial charge >= 0.3 is 0 Å². The predicted molar refractivity (Wildman–Crippen MR) is 69.6 cm³/mol. The second-order valence-electron chi connectivity index (χ2n) is 4.04. The molecule has 5 nitrogen and oxygen atoms in total. The van der Waals surface area contributed by atoms with E-state index >= 15 is 0 Å². The van der Waals surface area contributed by atoms with E-state index in [9.17, 15) is 8.78 Å². The Morgan fingerprint density at radius 3 is 2.58 bits per heavy atom. The first-order valence-electron chi connectivity index (χ1n) is 5.88. The lowest BCUT2D eigenvalue weighted by molar-refractivity contribution is 0.580. The molecule has 0 aromatic carbocycles. The molecule has 0 fully saturated rings. The molecule has 0 aliphatic heterocycles. The molecule has 0 aliphatic carbocycles. The van der Waals surface area contributed by atoms with Gasteiger partial charge in [-0.15, -0.1) is 0 Å². The molecule has 19 heavy (non-hydrogen) atoms. The molecule has 0 unspecified atom stereocenters. The number of nitrogens with one attached hydrogen (secondary N) is 2. The smallest absolute Gasteiger partial charge is 0.169 e. The second kappa shape index (κ2) is 5.21. The van der Waals surface area contributed by atoms with Crippen LogP contribution < -0.4 is 10.6 Å². The average Bonchev–Trinajstić information content (AvgIpc) is 2.73. The van der Waals surface area contributed by atoms with Gasteiger partial charge in [-0.2, -0.15) is 5.10 Å². The Morgan fingerprint density at radius 2 is 1.95 bits per heavy atom. The van der Waals surface area contributed by atoms with Gasteiger partial charge in [0.15, 0.2) is 23.3 Å². The summed E-state index contributed by atoms with van der Waals surface area (Å²) in [4.78, 5) is 3.86. The zero-order chi connectivity index (χ0) is 14.0. The Balaban J connectivity index is 2.37. The summed E-state index contributed by atoms with van der Waals surface area (Å²) in [5.41, 5.74) is 1.45. The SMILES string of the molecule is CCc1nn(C)cc1Nc1nc(NC)c(F)cc1F. The minimum absolute atomic E-state index is 0.00848. The molecule has 2 aromatic heterocycles. The second-order valence-corrected chi connectivity index (χ2v) is 4.04. The third-order valence-corrected chi connectivity index (χ3v) is 2.66. The highest BCUT2D eigenvalue weighted by atomic mass is 19.1. The number of rotatable bonds is 4. The Bertz CT molecular complexity index is 594. The van der Waals surface area contributed by atoms with Crippen molar-refractivity contribution in [3.63, 3.8) is 0 Å². The molecular formula is C12H15F2N5. The fourth-order valence-electron chi connectivity index (χ4n) is 1.76. The quantitative estimate of drug-likeness (QED) is 0.893. The van der Waals surface area contributed by atoms with E-state index < -0.39 is 11.6 Å². The van der Waals surface area contributed by atoms with Crippen LogP contribution in [0.15, 0.2) is 12.3 Å². The van der Waals surface area contributed by atoms with Crippen molar-refractivity contribution in [3.8, 4) is 0 Å². The van der Waals surface area contributed by atoms with Crippen LogP contribution in [-0.2, 0) is 13.5 Å². The summed E-state index contributed by atoms with van der Waals surface area (Å²) in [5, 5.41) is 9.64. The van der Waals surface area contributed by atoms with Crippen LogP contribution in [-0.4, -0.2) is 21.8 Å². The summed E-state index contributed by atoms with van der Waals surface area (Å²) in [6, 6.07) is 0.795. The Kier molecular flexibility index (Phi) is 3.64. The monoisotopic (exact) mass is 267 g/mol. The van der Waals surface area contributed by atoms with Crippen LogP contribution in [0.1, 0.15) is 12.6 Å². The molecule has 0 atom stereocenters. The highest BCUT2D eigenvalue weighted by Gasteiger charge is 2.13. The van der Waals surface area contributed by atoms with Gasteiger partial charge in [0, 0.05) is 26.4 Å². The lowest BCUT2D eigenvalue weighted by Gasteiger charge is -2.08. The number of pyridine rings is 1. The number of anilines is 3. The summed E-state index contributed by atoms with van der Waals surface area (Å²) in [7, 11) is 3.30. The summed E-state index contributed by atoms with van der Waals surface area (Å²) in [5.74, 6) is -1.52. The van der Waals surface area contributed by atoms with E-state index in [1.165, 1.54) is 7.05 Å². The number of nitrogens with zero attached hydrogens (tertiary/aromatic N) is 3. The molecule has 0 spiro atoms. The molecule has 0 bridgehead atoms. The van der Waals surface area contributed by atoms with Crippen molar-refractivity contribution in [3.05, 3.63) is 29.6 Å². The van der Waals surface area contributed by atoms with Gasteiger partial charge in [-0.25, -0.2) is 13.8 Å². The van der Waals surface area contributed by atoms with Crippen molar-refractivity contribution < 1.29 is 8.78 Å². The van der Waals surface area contributed by atoms with Crippen LogP contribution in [0.5, 0.6) is 0 Å². The van der Waals surface area contributed by atoms with Gasteiger partial charge in [-0.1, -0.05) is 6.92 Å². The van der Waals surface area contributed by atoms with E-state index in [4.69, 9.17) is 0 Å². The van der Waals surface area contributed by atoms with Crippen LogP contribution in [0, 0.1) is 11.6 Å². The maximum absolute atomic E-state index is 13.7. The first-order chi connectivity index (χ1) is 9.05. The van der Waals surface area contributed by atoms with Crippen molar-refractivity contribution in [2.75, 3.05) is 17.7 Å². The topological polar surface area (TPSA) is 54.8 Å². The van der Waals surface area contributed by atoms with Crippen molar-refractivity contribution in [1.82, 2.24) is 14.8 Å². The molecule has 0 saturated heterocycles. The molecule has 2 aromatic rings. The minimum atomic E-state index is -0.748. The van der Waals surface area contributed by atoms with Crippen molar-refractivity contribution in [2.45, 2.75) is 13.3 Å². The molecule has 7 heteroatoms. The Hall–Kier alpha value is -2.18. The van der Waals surface area contributed by atoms with E-state index in [-0.39, 0.29) is 11.6 Å². The number of hydrogen-bond donors (Lipinski definition) is 2. The van der Waals surface area contributed by atoms with Gasteiger partial charge in [-0.05, 0) is 6.42 Å². The molecule has 0 radical (unpaired) electrons. The summed E-state index contributed by atoms with van der Waals surface area (Å²) < 4.78 is 28.6. The molecule has 102 valence electrons. The van der Waals surface area contributed by atoms with Gasteiger partial charge in [-0.3, -0.25) is 4.68 Å². The molecule has 2 N–H and O–H groups in total. The molecular weight excluding hydrogens is 252 g/mol. The van der Waals surface area contributed by atoms with Crippen LogP contribution >= 0.6 is 0 Å². The Labute approximate surface area is 109 Å². The maximum atomic E-state index is 13.7. The zero-order valence-corrected chi connectivity index (χ0v) is 11.0. The maximum Gasteiger partial charge on any atom is 0.169 e. The zero-order valence-electron chi connectivity index (χ0n) is 11.0. The van der Waals surface area contributed by atoms with Crippen molar-refractivity contribution in [1.29, 1.82) is 0 Å². The van der Waals surface area contributed by atoms with Gasteiger partial charge < -0.3 is 10.6 Å². The van der Waals surface area contributed by atoms with Crippen molar-refractivity contribution in [2.24, 2.45) is 7.05 Å². The average molecular weight is 267 g/mol. The predicted octanol–water partition coefficient (Wildman–Crippen LogP) is 2.44. The largest absolute Gasteiger partial charge is 0.371 e. The standard InChI is InChI=1S/C12H15F2N5/c1-4-9-10(6-19(3)18-9)16-12-8(14)5-7(13)11(15-2)17-12/h5-6H,4H2,1-3H3,(H2,15,16,17). The lowest BCUT2D eigenvalue weighted by Crippen LogP contribution is -2.04. The van der Waals surface area contributed by atoms with E-state index in [1.807, 2.05) is 6.92 Å². The van der Waals surface area contributed by atoms with Crippen LogP contribution in [0.25, 0.3) is 0 Å². The van der Waals surface area contributed by atoms with E-state index in [2.05, 4.69) is 20.7 Å². The van der Waals surface area contributed by atoms with Gasteiger partial charge in [0.1, 0.15) is 0 Å². The number of halogens is 2. The molecule has 0 saturated carbocycles. The first kappa shape index (κ1) is 13.3. The highest BCUT2D eigenvalue weighted by Crippen LogP contribution is 2.24. The highest BCUT2D eigenvalue weighted by molar-refractivity contribution is 5.60. The van der Waals surface area contributed by atoms with Gasteiger partial charge in [0.25, 0.3) is 0 Å².